The van der Waals surface area contributed by atoms with Crippen molar-refractivity contribution in [1.29, 1.82) is 0 Å². The van der Waals surface area contributed by atoms with Crippen LogP contribution in [0, 0.1) is 0 Å². The van der Waals surface area contributed by atoms with Crippen LogP contribution in [-0.4, -0.2) is 59.9 Å². The molecule has 7 heteroatoms. The zero-order valence-corrected chi connectivity index (χ0v) is 16.4. The Balaban J connectivity index is 1.71. The van der Waals surface area contributed by atoms with E-state index < -0.39 is 6.04 Å². The second kappa shape index (κ2) is 8.73. The molecule has 0 N–H and O–H groups in total. The molecule has 1 fully saturated rings. The van der Waals surface area contributed by atoms with Gasteiger partial charge < -0.3 is 19.3 Å². The van der Waals surface area contributed by atoms with Crippen LogP contribution in [0.15, 0.2) is 42.6 Å². The molecule has 1 aliphatic rings. The topological polar surface area (TPSA) is 72.0 Å². The van der Waals surface area contributed by atoms with Crippen LogP contribution in [-0.2, 0) is 22.6 Å². The van der Waals surface area contributed by atoms with Crippen molar-refractivity contribution in [3.05, 3.63) is 53.9 Å². The normalized spacial score (nSPS) is 17.0. The minimum Gasteiger partial charge on any atom is -0.493 e. The molecule has 0 aliphatic carbocycles. The first-order chi connectivity index (χ1) is 13.5. The molecule has 1 saturated heterocycles. The molecule has 2 heterocycles. The van der Waals surface area contributed by atoms with Crippen molar-refractivity contribution < 1.29 is 19.1 Å². The number of methoxy groups -OCH3 is 2. The maximum Gasteiger partial charge on any atom is 0.245 e. The lowest BCUT2D eigenvalue weighted by atomic mass is 10.1. The molecule has 148 valence electrons. The third kappa shape index (κ3) is 4.08. The molecule has 0 unspecified atom stereocenters. The van der Waals surface area contributed by atoms with Crippen LogP contribution in [0.3, 0.4) is 0 Å². The summed E-state index contributed by atoms with van der Waals surface area (Å²) in [4.78, 5) is 33.1. The maximum absolute atomic E-state index is 12.8. The van der Waals surface area contributed by atoms with Gasteiger partial charge in [0.15, 0.2) is 11.5 Å². The van der Waals surface area contributed by atoms with E-state index in [0.29, 0.717) is 23.7 Å². The van der Waals surface area contributed by atoms with Crippen LogP contribution in [0.4, 0.5) is 0 Å². The van der Waals surface area contributed by atoms with Crippen LogP contribution >= 0.6 is 0 Å². The standard InChI is InChI=1S/C21H25N3O4/c1-15-21(26)23(12-10-16-7-5-4-6-8-16)14-19(25)24(15)13-17-20(28-3)18(27-2)9-11-22-17/h4-9,11,15H,10,12-14H2,1-3H3/t15-/m1/s1. The monoisotopic (exact) mass is 383 g/mol. The van der Waals surface area contributed by atoms with Crippen molar-refractivity contribution in [2.45, 2.75) is 25.9 Å². The van der Waals surface area contributed by atoms with Crippen molar-refractivity contribution in [3.63, 3.8) is 0 Å². The molecule has 1 aromatic heterocycles. The predicted octanol–water partition coefficient (Wildman–Crippen LogP) is 1.90. The highest BCUT2D eigenvalue weighted by molar-refractivity contribution is 5.94. The SMILES string of the molecule is COc1ccnc(CN2C(=O)CN(CCc3ccccc3)C(=O)[C@H]2C)c1OC. The Hall–Kier alpha value is -3.09. The summed E-state index contributed by atoms with van der Waals surface area (Å²) in [6.07, 6.45) is 2.32. The van der Waals surface area contributed by atoms with E-state index in [1.807, 2.05) is 30.3 Å². The summed E-state index contributed by atoms with van der Waals surface area (Å²) in [7, 11) is 3.07. The molecular weight excluding hydrogens is 358 g/mol. The van der Waals surface area contributed by atoms with Gasteiger partial charge in [-0.25, -0.2) is 0 Å². The number of hydrogen-bond acceptors (Lipinski definition) is 5. The fraction of sp³-hybridized carbons (Fsp3) is 0.381. The minimum atomic E-state index is -0.560. The molecule has 1 aromatic carbocycles. The molecule has 7 nitrogen and oxygen atoms in total. The zero-order chi connectivity index (χ0) is 20.1. The average molecular weight is 383 g/mol. The van der Waals surface area contributed by atoms with Crippen molar-refractivity contribution in [2.24, 2.45) is 0 Å². The Kier molecular flexibility index (Phi) is 6.13. The first-order valence-electron chi connectivity index (χ1n) is 9.23. The summed E-state index contributed by atoms with van der Waals surface area (Å²) in [5, 5.41) is 0. The van der Waals surface area contributed by atoms with Crippen LogP contribution in [0.25, 0.3) is 0 Å². The van der Waals surface area contributed by atoms with Gasteiger partial charge in [0.2, 0.25) is 11.8 Å². The molecule has 2 aromatic rings. The van der Waals surface area contributed by atoms with E-state index in [0.717, 1.165) is 12.0 Å². The number of piperazine rings is 1. The van der Waals surface area contributed by atoms with Gasteiger partial charge in [-0.1, -0.05) is 30.3 Å². The van der Waals surface area contributed by atoms with Gasteiger partial charge in [-0.05, 0) is 18.9 Å². The zero-order valence-electron chi connectivity index (χ0n) is 16.4. The van der Waals surface area contributed by atoms with Gasteiger partial charge in [0.1, 0.15) is 11.7 Å². The lowest BCUT2D eigenvalue weighted by molar-refractivity contribution is -0.155. The fourth-order valence-corrected chi connectivity index (χ4v) is 3.39. The molecule has 0 radical (unpaired) electrons. The molecule has 1 atom stereocenters. The summed E-state index contributed by atoms with van der Waals surface area (Å²) in [5.41, 5.74) is 1.70. The van der Waals surface area contributed by atoms with Crippen LogP contribution in [0.2, 0.25) is 0 Å². The summed E-state index contributed by atoms with van der Waals surface area (Å²) in [5.74, 6) is 0.855. The van der Waals surface area contributed by atoms with E-state index in [1.165, 1.54) is 7.11 Å². The highest BCUT2D eigenvalue weighted by atomic mass is 16.5. The van der Waals surface area contributed by atoms with Crippen molar-refractivity contribution in [2.75, 3.05) is 27.3 Å². The quantitative estimate of drug-likeness (QED) is 0.730. The summed E-state index contributed by atoms with van der Waals surface area (Å²) < 4.78 is 10.7. The number of carbonyl (C=O) groups excluding carboxylic acids is 2. The van der Waals surface area contributed by atoms with Crippen LogP contribution in [0.1, 0.15) is 18.2 Å². The molecule has 1 aliphatic heterocycles. The number of pyridine rings is 1. The van der Waals surface area contributed by atoms with E-state index in [9.17, 15) is 9.59 Å². The van der Waals surface area contributed by atoms with E-state index >= 15 is 0 Å². The van der Waals surface area contributed by atoms with Gasteiger partial charge in [-0.2, -0.15) is 0 Å². The van der Waals surface area contributed by atoms with E-state index in [4.69, 9.17) is 9.47 Å². The number of nitrogens with zero attached hydrogens (tertiary/aromatic N) is 3. The highest BCUT2D eigenvalue weighted by Crippen LogP contribution is 2.30. The van der Waals surface area contributed by atoms with Gasteiger partial charge in [-0.15, -0.1) is 0 Å². The predicted molar refractivity (Wildman–Crippen MR) is 104 cm³/mol. The van der Waals surface area contributed by atoms with Gasteiger partial charge in [0.25, 0.3) is 0 Å². The first kappa shape index (κ1) is 19.7. The van der Waals surface area contributed by atoms with Gasteiger partial charge in [0, 0.05) is 18.8 Å². The van der Waals surface area contributed by atoms with Gasteiger partial charge in [0.05, 0.1) is 27.3 Å². The maximum atomic E-state index is 12.8. The summed E-state index contributed by atoms with van der Waals surface area (Å²) in [6.45, 7) is 2.54. The van der Waals surface area contributed by atoms with E-state index in [1.54, 1.807) is 36.1 Å². The van der Waals surface area contributed by atoms with Crippen molar-refractivity contribution in [3.8, 4) is 11.5 Å². The highest BCUT2D eigenvalue weighted by Gasteiger charge is 2.37. The summed E-state index contributed by atoms with van der Waals surface area (Å²) >= 11 is 0. The Morgan fingerprint density at radius 1 is 1.11 bits per heavy atom. The second-order valence-corrected chi connectivity index (χ2v) is 6.69. The number of amides is 2. The molecule has 2 amide bonds. The minimum absolute atomic E-state index is 0.0580. The molecule has 28 heavy (non-hydrogen) atoms. The lowest BCUT2D eigenvalue weighted by Crippen LogP contribution is -2.58. The number of carbonyl (C=O) groups is 2. The number of hydrogen-bond donors (Lipinski definition) is 0. The number of benzene rings is 1. The second-order valence-electron chi connectivity index (χ2n) is 6.69. The van der Waals surface area contributed by atoms with E-state index in [-0.39, 0.29) is 24.9 Å². The Bertz CT molecular complexity index is 841. The van der Waals surface area contributed by atoms with Crippen molar-refractivity contribution in [1.82, 2.24) is 14.8 Å². The molecule has 0 saturated carbocycles. The van der Waals surface area contributed by atoms with Crippen molar-refractivity contribution >= 4 is 11.8 Å². The first-order valence-corrected chi connectivity index (χ1v) is 9.23. The van der Waals surface area contributed by atoms with E-state index in [2.05, 4.69) is 4.98 Å². The lowest BCUT2D eigenvalue weighted by Gasteiger charge is -2.38. The number of rotatable bonds is 7. The Morgan fingerprint density at radius 3 is 2.54 bits per heavy atom. The Labute approximate surface area is 164 Å². The van der Waals surface area contributed by atoms with Gasteiger partial charge in [-0.3, -0.25) is 14.6 Å². The third-order valence-corrected chi connectivity index (χ3v) is 4.98. The molecular formula is C21H25N3O4. The largest absolute Gasteiger partial charge is 0.493 e. The fourth-order valence-electron chi connectivity index (χ4n) is 3.39. The average Bonchev–Trinajstić information content (AvgIpc) is 2.73. The Morgan fingerprint density at radius 2 is 1.86 bits per heavy atom. The van der Waals surface area contributed by atoms with Crippen LogP contribution < -0.4 is 9.47 Å². The number of aromatic nitrogens is 1. The summed E-state index contributed by atoms with van der Waals surface area (Å²) in [6, 6.07) is 11.1. The molecule has 0 spiro atoms. The van der Waals surface area contributed by atoms with Crippen LogP contribution in [0.5, 0.6) is 11.5 Å². The molecule has 0 bridgehead atoms. The number of ether oxygens (including phenoxy) is 2. The van der Waals surface area contributed by atoms with Gasteiger partial charge >= 0.3 is 0 Å². The smallest absolute Gasteiger partial charge is 0.245 e. The molecule has 3 rings (SSSR count). The third-order valence-electron chi connectivity index (χ3n) is 4.98.